The van der Waals surface area contributed by atoms with Gasteiger partial charge in [0.15, 0.2) is 0 Å². The van der Waals surface area contributed by atoms with Crippen LogP contribution < -0.4 is 11.1 Å². The smallest absolute Gasteiger partial charge is 0.356 e. The number of amides is 1. The highest BCUT2D eigenvalue weighted by Crippen LogP contribution is 2.29. The Labute approximate surface area is 122 Å². The molecule has 1 atom stereocenters. The van der Waals surface area contributed by atoms with Crippen molar-refractivity contribution in [2.24, 2.45) is 5.73 Å². The lowest BCUT2D eigenvalue weighted by atomic mass is 10.1. The molecule has 0 aliphatic heterocycles. The first-order chi connectivity index (χ1) is 8.79. The third-order valence-electron chi connectivity index (χ3n) is 2.54. The summed E-state index contributed by atoms with van der Waals surface area (Å²) in [7, 11) is 0. The zero-order valence-electron chi connectivity index (χ0n) is 11.0. The van der Waals surface area contributed by atoms with E-state index in [1.165, 1.54) is 12.1 Å². The number of hydrogen-bond acceptors (Lipinski definition) is 2. The fourth-order valence-electron chi connectivity index (χ4n) is 1.54. The van der Waals surface area contributed by atoms with Gasteiger partial charge in [0, 0.05) is 12.6 Å². The molecule has 3 N–H and O–H groups in total. The summed E-state index contributed by atoms with van der Waals surface area (Å²) in [5, 5.41) is 2.62. The van der Waals surface area contributed by atoms with Crippen molar-refractivity contribution in [1.29, 1.82) is 0 Å². The van der Waals surface area contributed by atoms with Gasteiger partial charge in [-0.1, -0.05) is 18.2 Å². The zero-order valence-corrected chi connectivity index (χ0v) is 11.9. The molecule has 20 heavy (non-hydrogen) atoms. The first-order valence-electron chi connectivity index (χ1n) is 5.97. The molecule has 0 fully saturated rings. The van der Waals surface area contributed by atoms with E-state index >= 15 is 0 Å². The van der Waals surface area contributed by atoms with E-state index in [9.17, 15) is 18.0 Å². The molecule has 1 aromatic rings. The van der Waals surface area contributed by atoms with Crippen LogP contribution in [0.5, 0.6) is 0 Å². The number of benzene rings is 1. The summed E-state index contributed by atoms with van der Waals surface area (Å²) in [6.07, 6.45) is -3.82. The monoisotopic (exact) mass is 310 g/mol. The molecule has 0 aliphatic rings. The quantitative estimate of drug-likeness (QED) is 0.878. The van der Waals surface area contributed by atoms with Crippen molar-refractivity contribution in [2.75, 3.05) is 6.54 Å². The van der Waals surface area contributed by atoms with Gasteiger partial charge in [-0.05, 0) is 25.0 Å². The van der Waals surface area contributed by atoms with Gasteiger partial charge in [-0.3, -0.25) is 4.79 Å². The standard InChI is InChI=1S/C13H17F3N2O.ClH/c1-9(17)5-6-18-12(19)8-10-3-2-4-11(7-10)13(14,15)16;/h2-4,7,9H,5-6,8,17H2,1H3,(H,18,19);1H. The minimum absolute atomic E-state index is 0. The molecular weight excluding hydrogens is 293 g/mol. The Kier molecular flexibility index (Phi) is 7.60. The van der Waals surface area contributed by atoms with Gasteiger partial charge in [-0.25, -0.2) is 0 Å². The van der Waals surface area contributed by atoms with E-state index in [-0.39, 0.29) is 30.8 Å². The Morgan fingerprint density at radius 2 is 2.05 bits per heavy atom. The zero-order chi connectivity index (χ0) is 14.5. The maximum atomic E-state index is 12.5. The third kappa shape index (κ3) is 6.77. The van der Waals surface area contributed by atoms with E-state index in [0.717, 1.165) is 12.1 Å². The predicted octanol–water partition coefficient (Wildman–Crippen LogP) is 2.52. The van der Waals surface area contributed by atoms with Gasteiger partial charge in [0.25, 0.3) is 0 Å². The van der Waals surface area contributed by atoms with Gasteiger partial charge in [0.05, 0.1) is 12.0 Å². The van der Waals surface area contributed by atoms with Crippen LogP contribution in [-0.2, 0) is 17.4 Å². The van der Waals surface area contributed by atoms with Crippen LogP contribution in [0.4, 0.5) is 13.2 Å². The largest absolute Gasteiger partial charge is 0.416 e. The summed E-state index contributed by atoms with van der Waals surface area (Å²) in [6, 6.07) is 4.75. The molecule has 1 amide bonds. The van der Waals surface area contributed by atoms with Gasteiger partial charge >= 0.3 is 6.18 Å². The average molecular weight is 311 g/mol. The number of halogens is 4. The minimum Gasteiger partial charge on any atom is -0.356 e. The number of nitrogens with two attached hydrogens (primary N) is 1. The van der Waals surface area contributed by atoms with Crippen LogP contribution >= 0.6 is 12.4 Å². The van der Waals surface area contributed by atoms with Gasteiger partial charge < -0.3 is 11.1 Å². The van der Waals surface area contributed by atoms with Crippen molar-refractivity contribution in [3.05, 3.63) is 35.4 Å². The first kappa shape index (κ1) is 18.7. The fourth-order valence-corrected chi connectivity index (χ4v) is 1.54. The normalized spacial score (nSPS) is 12.4. The number of carbonyl (C=O) groups is 1. The van der Waals surface area contributed by atoms with Crippen molar-refractivity contribution in [3.63, 3.8) is 0 Å². The second-order valence-corrected chi connectivity index (χ2v) is 4.49. The van der Waals surface area contributed by atoms with E-state index in [0.29, 0.717) is 18.5 Å². The second-order valence-electron chi connectivity index (χ2n) is 4.49. The molecule has 7 heteroatoms. The highest BCUT2D eigenvalue weighted by atomic mass is 35.5. The Bertz CT molecular complexity index is 436. The number of alkyl halides is 3. The molecule has 3 nitrogen and oxygen atoms in total. The molecule has 0 saturated heterocycles. The molecule has 114 valence electrons. The van der Waals surface area contributed by atoms with Crippen LogP contribution in [0.3, 0.4) is 0 Å². The summed E-state index contributed by atoms with van der Waals surface area (Å²) in [5.41, 5.74) is 5.12. The Morgan fingerprint density at radius 3 is 2.60 bits per heavy atom. The number of rotatable bonds is 5. The fraction of sp³-hybridized carbons (Fsp3) is 0.462. The van der Waals surface area contributed by atoms with Crippen LogP contribution in [-0.4, -0.2) is 18.5 Å². The lowest BCUT2D eigenvalue weighted by Gasteiger charge is -2.10. The highest BCUT2D eigenvalue weighted by molar-refractivity contribution is 5.85. The van der Waals surface area contributed by atoms with Crippen LogP contribution in [0, 0.1) is 0 Å². The second kappa shape index (κ2) is 8.11. The van der Waals surface area contributed by atoms with E-state index < -0.39 is 11.7 Å². The molecule has 0 aliphatic carbocycles. The summed E-state index contributed by atoms with van der Waals surface area (Å²) in [5.74, 6) is -0.306. The van der Waals surface area contributed by atoms with Crippen molar-refractivity contribution in [1.82, 2.24) is 5.32 Å². The Hall–Kier alpha value is -1.27. The maximum Gasteiger partial charge on any atom is 0.416 e. The molecule has 0 bridgehead atoms. The summed E-state index contributed by atoms with van der Waals surface area (Å²) in [4.78, 5) is 11.5. The lowest BCUT2D eigenvalue weighted by Crippen LogP contribution is -2.30. The van der Waals surface area contributed by atoms with Gasteiger partial charge in [-0.15, -0.1) is 12.4 Å². The summed E-state index contributed by atoms with van der Waals surface area (Å²) in [6.45, 7) is 2.24. The van der Waals surface area contributed by atoms with Crippen molar-refractivity contribution < 1.29 is 18.0 Å². The van der Waals surface area contributed by atoms with Crippen LogP contribution in [0.25, 0.3) is 0 Å². The molecule has 1 aromatic carbocycles. The lowest BCUT2D eigenvalue weighted by molar-refractivity contribution is -0.137. The Morgan fingerprint density at radius 1 is 1.40 bits per heavy atom. The topological polar surface area (TPSA) is 55.1 Å². The number of carbonyl (C=O) groups excluding carboxylic acids is 1. The molecule has 0 heterocycles. The molecule has 0 spiro atoms. The molecule has 1 rings (SSSR count). The molecule has 0 saturated carbocycles. The Balaban J connectivity index is 0.00000361. The van der Waals surface area contributed by atoms with Gasteiger partial charge in [0.1, 0.15) is 0 Å². The highest BCUT2D eigenvalue weighted by Gasteiger charge is 2.30. The SMILES string of the molecule is CC(N)CCNC(=O)Cc1cccc(C(F)(F)F)c1.Cl. The van der Waals surface area contributed by atoms with Gasteiger partial charge in [0.2, 0.25) is 5.91 Å². The van der Waals surface area contributed by atoms with Crippen molar-refractivity contribution >= 4 is 18.3 Å². The minimum atomic E-state index is -4.39. The maximum absolute atomic E-state index is 12.5. The molecule has 0 aromatic heterocycles. The summed E-state index contributed by atoms with van der Waals surface area (Å²) >= 11 is 0. The number of nitrogens with one attached hydrogen (secondary N) is 1. The van der Waals surface area contributed by atoms with Crippen LogP contribution in [0.2, 0.25) is 0 Å². The van der Waals surface area contributed by atoms with Crippen molar-refractivity contribution in [2.45, 2.75) is 32.0 Å². The molecular formula is C13H18ClF3N2O. The van der Waals surface area contributed by atoms with Crippen LogP contribution in [0.15, 0.2) is 24.3 Å². The third-order valence-corrected chi connectivity index (χ3v) is 2.54. The predicted molar refractivity (Wildman–Crippen MR) is 73.7 cm³/mol. The van der Waals surface area contributed by atoms with E-state index in [1.54, 1.807) is 0 Å². The van der Waals surface area contributed by atoms with E-state index in [2.05, 4.69) is 5.32 Å². The molecule has 1 unspecified atom stereocenters. The average Bonchev–Trinajstić information content (AvgIpc) is 2.27. The first-order valence-corrected chi connectivity index (χ1v) is 5.97. The molecule has 0 radical (unpaired) electrons. The van der Waals surface area contributed by atoms with E-state index in [1.807, 2.05) is 6.92 Å². The van der Waals surface area contributed by atoms with Crippen LogP contribution in [0.1, 0.15) is 24.5 Å². The van der Waals surface area contributed by atoms with E-state index in [4.69, 9.17) is 5.73 Å². The van der Waals surface area contributed by atoms with Gasteiger partial charge in [-0.2, -0.15) is 13.2 Å². The number of hydrogen-bond donors (Lipinski definition) is 2. The summed E-state index contributed by atoms with van der Waals surface area (Å²) < 4.78 is 37.4. The van der Waals surface area contributed by atoms with Crippen molar-refractivity contribution in [3.8, 4) is 0 Å².